The zero-order valence-electron chi connectivity index (χ0n) is 11.9. The van der Waals surface area contributed by atoms with Crippen LogP contribution < -0.4 is 10.6 Å². The Hall–Kier alpha value is -1.16. The van der Waals surface area contributed by atoms with Gasteiger partial charge in [0.25, 0.3) is 0 Å². The highest BCUT2D eigenvalue weighted by Gasteiger charge is 2.31. The van der Waals surface area contributed by atoms with Gasteiger partial charge in [0, 0.05) is 30.9 Å². The van der Waals surface area contributed by atoms with Gasteiger partial charge in [0.2, 0.25) is 5.95 Å². The molecule has 0 spiro atoms. The molecule has 0 radical (unpaired) electrons. The quantitative estimate of drug-likeness (QED) is 0.891. The van der Waals surface area contributed by atoms with Gasteiger partial charge in [-0.25, -0.2) is 9.97 Å². The number of anilines is 1. The van der Waals surface area contributed by atoms with Gasteiger partial charge in [0.1, 0.15) is 0 Å². The summed E-state index contributed by atoms with van der Waals surface area (Å²) in [6.07, 6.45) is 3.93. The summed E-state index contributed by atoms with van der Waals surface area (Å²) in [6.45, 7) is 10.6. The molecule has 1 aliphatic rings. The summed E-state index contributed by atoms with van der Waals surface area (Å²) in [7, 11) is 0. The zero-order chi connectivity index (χ0) is 13.3. The van der Waals surface area contributed by atoms with E-state index < -0.39 is 0 Å². The smallest absolute Gasteiger partial charge is 0.225 e. The Balaban J connectivity index is 2.37. The van der Waals surface area contributed by atoms with E-state index in [-0.39, 0.29) is 11.5 Å². The monoisotopic (exact) mass is 248 g/mol. The maximum absolute atomic E-state index is 6.22. The molecule has 2 rings (SSSR count). The summed E-state index contributed by atoms with van der Waals surface area (Å²) < 4.78 is 0. The van der Waals surface area contributed by atoms with E-state index in [1.165, 1.54) is 0 Å². The third-order valence-corrected chi connectivity index (χ3v) is 3.75. The molecule has 0 fully saturated rings. The minimum atomic E-state index is 0.0782. The Morgan fingerprint density at radius 2 is 2.06 bits per heavy atom. The van der Waals surface area contributed by atoms with Crippen LogP contribution in [0.5, 0.6) is 0 Å². The number of hydrogen-bond acceptors (Lipinski definition) is 4. The van der Waals surface area contributed by atoms with Crippen molar-refractivity contribution in [3.05, 3.63) is 17.5 Å². The third kappa shape index (κ3) is 2.48. The lowest BCUT2D eigenvalue weighted by molar-refractivity contribution is 0.278. The van der Waals surface area contributed by atoms with Crippen molar-refractivity contribution in [2.45, 2.75) is 46.6 Å². The van der Waals surface area contributed by atoms with Crippen LogP contribution >= 0.6 is 0 Å². The molecule has 100 valence electrons. The van der Waals surface area contributed by atoms with E-state index in [9.17, 15) is 0 Å². The second-order valence-corrected chi connectivity index (χ2v) is 5.90. The van der Waals surface area contributed by atoms with Crippen LogP contribution in [-0.2, 0) is 6.42 Å². The molecule has 2 N–H and O–H groups in total. The fourth-order valence-corrected chi connectivity index (χ4v) is 2.76. The van der Waals surface area contributed by atoms with Gasteiger partial charge in [-0.1, -0.05) is 13.8 Å². The van der Waals surface area contributed by atoms with Gasteiger partial charge in [-0.3, -0.25) is 0 Å². The van der Waals surface area contributed by atoms with Crippen molar-refractivity contribution in [3.63, 3.8) is 0 Å². The number of nitrogens with zero attached hydrogens (tertiary/aromatic N) is 3. The van der Waals surface area contributed by atoms with Gasteiger partial charge in [-0.05, 0) is 32.1 Å². The highest BCUT2D eigenvalue weighted by atomic mass is 15.2. The maximum Gasteiger partial charge on any atom is 0.225 e. The number of fused-ring (bicyclic) bond motifs is 1. The molecular weight excluding hydrogens is 224 g/mol. The van der Waals surface area contributed by atoms with Crippen LogP contribution in [0.3, 0.4) is 0 Å². The maximum atomic E-state index is 6.22. The van der Waals surface area contributed by atoms with E-state index in [2.05, 4.69) is 37.6 Å². The largest absolute Gasteiger partial charge is 0.341 e. The second kappa shape index (κ2) is 4.84. The lowest BCUT2D eigenvalue weighted by atomic mass is 9.74. The van der Waals surface area contributed by atoms with Crippen LogP contribution in [0, 0.1) is 5.41 Å². The molecule has 4 nitrogen and oxygen atoms in total. The predicted octanol–water partition coefficient (Wildman–Crippen LogP) is 2.29. The average Bonchev–Trinajstić information content (AvgIpc) is 2.28. The summed E-state index contributed by atoms with van der Waals surface area (Å²) in [6, 6.07) is 0.0782. The SMILES string of the molecule is CCN(CC)c1ncc2c(n1)CC(C)(C)CC2N. The van der Waals surface area contributed by atoms with Gasteiger partial charge in [-0.2, -0.15) is 0 Å². The van der Waals surface area contributed by atoms with Crippen LogP contribution in [0.25, 0.3) is 0 Å². The summed E-state index contributed by atoms with van der Waals surface area (Å²) in [5.41, 5.74) is 8.72. The molecule has 0 saturated carbocycles. The highest BCUT2D eigenvalue weighted by molar-refractivity contribution is 5.35. The first-order valence-corrected chi connectivity index (χ1v) is 6.83. The molecule has 1 unspecified atom stereocenters. The van der Waals surface area contributed by atoms with Crippen LogP contribution in [0.15, 0.2) is 6.20 Å². The van der Waals surface area contributed by atoms with E-state index in [1.54, 1.807) is 0 Å². The molecule has 1 aliphatic carbocycles. The molecule has 1 atom stereocenters. The van der Waals surface area contributed by atoms with Crippen molar-refractivity contribution in [2.24, 2.45) is 11.1 Å². The molecule has 1 heterocycles. The Morgan fingerprint density at radius 1 is 1.39 bits per heavy atom. The van der Waals surface area contributed by atoms with Crippen molar-refractivity contribution >= 4 is 5.95 Å². The van der Waals surface area contributed by atoms with Crippen molar-refractivity contribution in [1.82, 2.24) is 9.97 Å². The first-order valence-electron chi connectivity index (χ1n) is 6.83. The van der Waals surface area contributed by atoms with Crippen LogP contribution in [0.1, 0.15) is 51.4 Å². The summed E-state index contributed by atoms with van der Waals surface area (Å²) in [5, 5.41) is 0. The summed E-state index contributed by atoms with van der Waals surface area (Å²) in [4.78, 5) is 11.4. The van der Waals surface area contributed by atoms with E-state index in [1.807, 2.05) is 6.20 Å². The second-order valence-electron chi connectivity index (χ2n) is 5.90. The van der Waals surface area contributed by atoms with E-state index >= 15 is 0 Å². The van der Waals surface area contributed by atoms with Gasteiger partial charge in [-0.15, -0.1) is 0 Å². The van der Waals surface area contributed by atoms with Crippen LogP contribution in [0.2, 0.25) is 0 Å². The van der Waals surface area contributed by atoms with Gasteiger partial charge in [0.15, 0.2) is 0 Å². The van der Waals surface area contributed by atoms with Gasteiger partial charge >= 0.3 is 0 Å². The van der Waals surface area contributed by atoms with Crippen molar-refractivity contribution in [1.29, 1.82) is 0 Å². The third-order valence-electron chi connectivity index (χ3n) is 3.75. The number of hydrogen-bond donors (Lipinski definition) is 1. The number of aromatic nitrogens is 2. The number of nitrogens with two attached hydrogens (primary N) is 1. The fourth-order valence-electron chi connectivity index (χ4n) is 2.76. The van der Waals surface area contributed by atoms with Crippen LogP contribution in [0.4, 0.5) is 5.95 Å². The van der Waals surface area contributed by atoms with Gasteiger partial charge in [0.05, 0.1) is 5.69 Å². The number of rotatable bonds is 3. The first-order chi connectivity index (χ1) is 8.46. The Kier molecular flexibility index (Phi) is 3.57. The first kappa shape index (κ1) is 13.3. The predicted molar refractivity (Wildman–Crippen MR) is 74.6 cm³/mol. The minimum Gasteiger partial charge on any atom is -0.341 e. The molecular formula is C14H24N4. The molecule has 0 aliphatic heterocycles. The normalized spacial score (nSPS) is 21.5. The Bertz CT molecular complexity index is 424. The standard InChI is InChI=1S/C14H24N4/c1-5-18(6-2)13-16-9-10-11(15)7-14(3,4)8-12(10)17-13/h9,11H,5-8,15H2,1-4H3. The molecule has 0 amide bonds. The minimum absolute atomic E-state index is 0.0782. The Labute approximate surface area is 110 Å². The molecule has 1 aromatic rings. The zero-order valence-corrected chi connectivity index (χ0v) is 11.9. The van der Waals surface area contributed by atoms with Crippen molar-refractivity contribution < 1.29 is 0 Å². The van der Waals surface area contributed by atoms with E-state index in [0.717, 1.165) is 43.1 Å². The molecule has 0 aromatic carbocycles. The van der Waals surface area contributed by atoms with Gasteiger partial charge < -0.3 is 10.6 Å². The average molecular weight is 248 g/mol. The molecule has 18 heavy (non-hydrogen) atoms. The Morgan fingerprint density at radius 3 is 2.67 bits per heavy atom. The highest BCUT2D eigenvalue weighted by Crippen LogP contribution is 2.38. The molecule has 4 heteroatoms. The topological polar surface area (TPSA) is 55.0 Å². The van der Waals surface area contributed by atoms with E-state index in [0.29, 0.717) is 0 Å². The van der Waals surface area contributed by atoms with Crippen LogP contribution in [-0.4, -0.2) is 23.1 Å². The van der Waals surface area contributed by atoms with Crippen molar-refractivity contribution in [2.75, 3.05) is 18.0 Å². The van der Waals surface area contributed by atoms with Crippen molar-refractivity contribution in [3.8, 4) is 0 Å². The van der Waals surface area contributed by atoms with E-state index in [4.69, 9.17) is 10.7 Å². The lowest BCUT2D eigenvalue weighted by Gasteiger charge is -2.34. The summed E-state index contributed by atoms with van der Waals surface area (Å²) in [5.74, 6) is 0.837. The lowest BCUT2D eigenvalue weighted by Crippen LogP contribution is -2.32. The molecule has 0 saturated heterocycles. The summed E-state index contributed by atoms with van der Waals surface area (Å²) >= 11 is 0. The molecule has 0 bridgehead atoms. The molecule has 1 aromatic heterocycles. The fraction of sp³-hybridized carbons (Fsp3) is 0.714.